The average molecular weight is 390 g/mol. The summed E-state index contributed by atoms with van der Waals surface area (Å²) in [5.74, 6) is -0.402. The third-order valence-electron chi connectivity index (χ3n) is 3.68. The number of carbonyl (C=O) groups excluding carboxylic acids is 2. The molecule has 0 aliphatic heterocycles. The van der Waals surface area contributed by atoms with Crippen LogP contribution in [0.25, 0.3) is 0 Å². The van der Waals surface area contributed by atoms with Crippen LogP contribution in [-0.2, 0) is 26.2 Å². The van der Waals surface area contributed by atoms with Gasteiger partial charge in [0.25, 0.3) is 0 Å². The molecule has 1 heterocycles. The number of anilines is 1. The molecule has 0 unspecified atom stereocenters. The Morgan fingerprint density at radius 1 is 1.07 bits per heavy atom. The second-order valence-electron chi connectivity index (χ2n) is 5.86. The van der Waals surface area contributed by atoms with Gasteiger partial charge in [-0.2, -0.15) is 0 Å². The van der Waals surface area contributed by atoms with E-state index in [1.807, 2.05) is 6.07 Å². The molecule has 0 spiro atoms. The molecule has 0 aliphatic carbocycles. The minimum absolute atomic E-state index is 0.0716. The highest BCUT2D eigenvalue weighted by Gasteiger charge is 2.16. The molecule has 2 amide bonds. The van der Waals surface area contributed by atoms with Crippen molar-refractivity contribution in [3.63, 3.8) is 0 Å². The molecule has 1 aromatic heterocycles. The van der Waals surface area contributed by atoms with Crippen LogP contribution in [0.5, 0.6) is 0 Å². The zero-order chi connectivity index (χ0) is 19.9. The van der Waals surface area contributed by atoms with Crippen molar-refractivity contribution in [1.29, 1.82) is 0 Å². The Morgan fingerprint density at radius 2 is 1.78 bits per heavy atom. The van der Waals surface area contributed by atoms with Gasteiger partial charge in [0.1, 0.15) is 0 Å². The minimum Gasteiger partial charge on any atom is -0.336 e. The van der Waals surface area contributed by atoms with Crippen molar-refractivity contribution in [2.24, 2.45) is 0 Å². The van der Waals surface area contributed by atoms with Crippen LogP contribution >= 0.6 is 0 Å². The van der Waals surface area contributed by atoms with E-state index in [4.69, 9.17) is 0 Å². The number of hydrogen-bond donors (Lipinski definition) is 2. The van der Waals surface area contributed by atoms with E-state index in [2.05, 4.69) is 15.0 Å². The molecule has 27 heavy (non-hydrogen) atoms. The lowest BCUT2D eigenvalue weighted by Crippen LogP contribution is -2.37. The first-order chi connectivity index (χ1) is 12.8. The molecule has 2 aromatic rings. The van der Waals surface area contributed by atoms with Gasteiger partial charge in [0.2, 0.25) is 21.8 Å². The summed E-state index contributed by atoms with van der Waals surface area (Å²) in [4.78, 5) is 28.6. The van der Waals surface area contributed by atoms with Crippen LogP contribution in [0.15, 0.2) is 53.6 Å². The van der Waals surface area contributed by atoms with Gasteiger partial charge < -0.3 is 10.2 Å². The molecule has 0 bridgehead atoms. The molecule has 9 heteroatoms. The SMILES string of the molecule is CC(=O)Nc1ccc(S(=O)(=O)NCCN(Cc2ccccn2)C(C)=O)cc1. The Kier molecular flexibility index (Phi) is 7.03. The number of nitrogens with one attached hydrogen (secondary N) is 2. The van der Waals surface area contributed by atoms with E-state index in [0.717, 1.165) is 5.69 Å². The highest BCUT2D eigenvalue weighted by molar-refractivity contribution is 7.89. The maximum Gasteiger partial charge on any atom is 0.240 e. The van der Waals surface area contributed by atoms with Crippen molar-refractivity contribution in [3.05, 3.63) is 54.4 Å². The van der Waals surface area contributed by atoms with Crippen LogP contribution < -0.4 is 10.0 Å². The molecule has 144 valence electrons. The van der Waals surface area contributed by atoms with Crippen molar-refractivity contribution in [1.82, 2.24) is 14.6 Å². The number of carbonyl (C=O) groups is 2. The number of hydrogen-bond acceptors (Lipinski definition) is 5. The summed E-state index contributed by atoms with van der Waals surface area (Å²) in [6.07, 6.45) is 1.64. The number of benzene rings is 1. The molecule has 0 saturated carbocycles. The van der Waals surface area contributed by atoms with Crippen LogP contribution in [0.4, 0.5) is 5.69 Å². The largest absolute Gasteiger partial charge is 0.336 e. The predicted octanol–water partition coefficient (Wildman–Crippen LogP) is 1.37. The molecule has 1 aromatic carbocycles. The van der Waals surface area contributed by atoms with Gasteiger partial charge >= 0.3 is 0 Å². The first-order valence-electron chi connectivity index (χ1n) is 8.30. The Balaban J connectivity index is 1.95. The normalized spacial score (nSPS) is 11.0. The number of rotatable bonds is 8. The standard InChI is InChI=1S/C18H22N4O4S/c1-14(23)21-16-6-8-18(9-7-16)27(25,26)20-11-12-22(15(2)24)13-17-5-3-4-10-19-17/h3-10,20H,11-13H2,1-2H3,(H,21,23). The van der Waals surface area contributed by atoms with Gasteiger partial charge in [-0.15, -0.1) is 0 Å². The second kappa shape index (κ2) is 9.24. The number of aromatic nitrogens is 1. The maximum atomic E-state index is 12.4. The van der Waals surface area contributed by atoms with Crippen molar-refractivity contribution in [2.45, 2.75) is 25.3 Å². The fourth-order valence-electron chi connectivity index (χ4n) is 2.35. The first-order valence-corrected chi connectivity index (χ1v) is 9.79. The van der Waals surface area contributed by atoms with Gasteiger partial charge in [0, 0.05) is 38.8 Å². The highest BCUT2D eigenvalue weighted by atomic mass is 32.2. The van der Waals surface area contributed by atoms with E-state index in [0.29, 0.717) is 12.2 Å². The topological polar surface area (TPSA) is 108 Å². The lowest BCUT2D eigenvalue weighted by molar-refractivity contribution is -0.129. The maximum absolute atomic E-state index is 12.4. The summed E-state index contributed by atoms with van der Waals surface area (Å²) in [7, 11) is -3.72. The zero-order valence-electron chi connectivity index (χ0n) is 15.2. The number of amides is 2. The van der Waals surface area contributed by atoms with Crippen molar-refractivity contribution >= 4 is 27.5 Å². The quantitative estimate of drug-likeness (QED) is 0.708. The summed E-state index contributed by atoms with van der Waals surface area (Å²) < 4.78 is 27.2. The monoisotopic (exact) mass is 390 g/mol. The molecule has 0 radical (unpaired) electrons. The van der Waals surface area contributed by atoms with Gasteiger partial charge in [0.05, 0.1) is 17.1 Å². The van der Waals surface area contributed by atoms with Gasteiger partial charge in [0.15, 0.2) is 0 Å². The Hall–Kier alpha value is -2.78. The van der Waals surface area contributed by atoms with Crippen LogP contribution in [0.2, 0.25) is 0 Å². The third-order valence-corrected chi connectivity index (χ3v) is 5.16. The van der Waals surface area contributed by atoms with E-state index < -0.39 is 10.0 Å². The molecule has 0 saturated heterocycles. The molecular formula is C18H22N4O4S. The fourth-order valence-corrected chi connectivity index (χ4v) is 3.38. The lowest BCUT2D eigenvalue weighted by Gasteiger charge is -2.20. The van der Waals surface area contributed by atoms with Gasteiger partial charge in [-0.1, -0.05) is 6.07 Å². The Labute approximate surface area is 158 Å². The molecule has 8 nitrogen and oxygen atoms in total. The summed E-state index contributed by atoms with van der Waals surface area (Å²) in [6.45, 7) is 3.40. The summed E-state index contributed by atoms with van der Waals surface area (Å²) in [5, 5.41) is 2.57. The summed E-state index contributed by atoms with van der Waals surface area (Å²) >= 11 is 0. The van der Waals surface area contributed by atoms with E-state index in [9.17, 15) is 18.0 Å². The van der Waals surface area contributed by atoms with Crippen LogP contribution in [0, 0.1) is 0 Å². The number of sulfonamides is 1. The number of pyridine rings is 1. The summed E-state index contributed by atoms with van der Waals surface area (Å²) in [5.41, 5.74) is 1.24. The van der Waals surface area contributed by atoms with E-state index in [1.54, 1.807) is 18.3 Å². The van der Waals surface area contributed by atoms with E-state index >= 15 is 0 Å². The molecular weight excluding hydrogens is 368 g/mol. The molecule has 0 atom stereocenters. The number of nitrogens with zero attached hydrogens (tertiary/aromatic N) is 2. The molecule has 0 aliphatic rings. The lowest BCUT2D eigenvalue weighted by atomic mass is 10.3. The summed E-state index contributed by atoms with van der Waals surface area (Å²) in [6, 6.07) is 11.3. The second-order valence-corrected chi connectivity index (χ2v) is 7.63. The first kappa shape index (κ1) is 20.5. The molecule has 0 fully saturated rings. The van der Waals surface area contributed by atoms with Crippen LogP contribution in [0.1, 0.15) is 19.5 Å². The third kappa shape index (κ3) is 6.46. The van der Waals surface area contributed by atoms with Crippen molar-refractivity contribution in [2.75, 3.05) is 18.4 Å². The van der Waals surface area contributed by atoms with Crippen LogP contribution in [0.3, 0.4) is 0 Å². The van der Waals surface area contributed by atoms with E-state index in [-0.39, 0.29) is 29.8 Å². The van der Waals surface area contributed by atoms with Gasteiger partial charge in [-0.3, -0.25) is 14.6 Å². The molecule has 2 rings (SSSR count). The fraction of sp³-hybridized carbons (Fsp3) is 0.278. The average Bonchev–Trinajstić information content (AvgIpc) is 2.61. The van der Waals surface area contributed by atoms with Gasteiger partial charge in [-0.05, 0) is 36.4 Å². The smallest absolute Gasteiger partial charge is 0.240 e. The van der Waals surface area contributed by atoms with Crippen molar-refractivity contribution in [3.8, 4) is 0 Å². The molecule has 2 N–H and O–H groups in total. The van der Waals surface area contributed by atoms with E-state index in [1.165, 1.54) is 43.0 Å². The predicted molar refractivity (Wildman–Crippen MR) is 101 cm³/mol. The Morgan fingerprint density at radius 3 is 2.33 bits per heavy atom. The minimum atomic E-state index is -3.72. The highest BCUT2D eigenvalue weighted by Crippen LogP contribution is 2.14. The zero-order valence-corrected chi connectivity index (χ0v) is 16.0. The van der Waals surface area contributed by atoms with Crippen molar-refractivity contribution < 1.29 is 18.0 Å². The van der Waals surface area contributed by atoms with Crippen LogP contribution in [-0.4, -0.2) is 43.2 Å². The van der Waals surface area contributed by atoms with Gasteiger partial charge in [-0.25, -0.2) is 13.1 Å². The Bertz CT molecular complexity index is 883.